The lowest BCUT2D eigenvalue weighted by Crippen LogP contribution is -2.37. The van der Waals surface area contributed by atoms with E-state index in [4.69, 9.17) is 39.9 Å². The lowest BCUT2D eigenvalue weighted by Gasteiger charge is -2.27. The van der Waals surface area contributed by atoms with E-state index in [1.54, 1.807) is 33.8 Å². The molecule has 1 aromatic heterocycles. The predicted molar refractivity (Wildman–Crippen MR) is 126 cm³/mol. The molecule has 0 spiro atoms. The van der Waals surface area contributed by atoms with E-state index in [2.05, 4.69) is 0 Å². The van der Waals surface area contributed by atoms with Crippen molar-refractivity contribution < 1.29 is 4.79 Å². The van der Waals surface area contributed by atoms with E-state index in [-0.39, 0.29) is 5.91 Å². The summed E-state index contributed by atoms with van der Waals surface area (Å²) in [6.07, 6.45) is 0.634. The van der Waals surface area contributed by atoms with Crippen LogP contribution in [0.1, 0.15) is 16.1 Å². The lowest BCUT2D eigenvalue weighted by molar-refractivity contribution is 0.0981. The molecule has 2 heterocycles. The van der Waals surface area contributed by atoms with Crippen molar-refractivity contribution in [2.45, 2.75) is 6.42 Å². The average Bonchev–Trinajstić information content (AvgIpc) is 3.15. The van der Waals surface area contributed by atoms with Crippen LogP contribution in [-0.2, 0) is 6.42 Å². The first-order valence-electron chi connectivity index (χ1n) is 9.73. The quantitative estimate of drug-likeness (QED) is 0.335. The van der Waals surface area contributed by atoms with Gasteiger partial charge in [0.25, 0.3) is 5.91 Å². The number of hydrogen-bond donors (Lipinski definition) is 0. The van der Waals surface area contributed by atoms with Gasteiger partial charge in [-0.3, -0.25) is 4.79 Å². The maximum Gasteiger partial charge on any atom is 0.262 e. The van der Waals surface area contributed by atoms with Crippen LogP contribution in [0.5, 0.6) is 0 Å². The summed E-state index contributed by atoms with van der Waals surface area (Å²) in [6.45, 7) is 0.557. The fourth-order valence-electron chi connectivity index (χ4n) is 3.87. The Bertz CT molecular complexity index is 1280. The number of nitrogens with zero attached hydrogens (tertiary/aromatic N) is 3. The van der Waals surface area contributed by atoms with Gasteiger partial charge >= 0.3 is 0 Å². The summed E-state index contributed by atoms with van der Waals surface area (Å²) in [5.74, 6) is -0.0891. The molecule has 0 atom stereocenters. The molecule has 31 heavy (non-hydrogen) atoms. The topological polar surface area (TPSA) is 38.1 Å². The van der Waals surface area contributed by atoms with Crippen molar-refractivity contribution in [3.63, 3.8) is 0 Å². The zero-order valence-corrected chi connectivity index (χ0v) is 18.5. The van der Waals surface area contributed by atoms with Crippen LogP contribution in [0, 0.1) is 0 Å². The molecule has 0 saturated heterocycles. The average molecular weight is 469 g/mol. The summed E-state index contributed by atoms with van der Waals surface area (Å²) >= 11 is 18.7. The molecule has 0 bridgehead atoms. The second kappa shape index (κ2) is 8.04. The second-order valence-electron chi connectivity index (χ2n) is 7.23. The number of fused-ring (bicyclic) bond motifs is 1. The van der Waals surface area contributed by atoms with Crippen LogP contribution in [0.2, 0.25) is 15.1 Å². The summed E-state index contributed by atoms with van der Waals surface area (Å²) in [5.41, 5.74) is 4.34. The molecule has 7 heteroatoms. The van der Waals surface area contributed by atoms with Crippen molar-refractivity contribution in [2.24, 2.45) is 0 Å². The van der Waals surface area contributed by atoms with E-state index in [0.717, 1.165) is 16.9 Å². The first kappa shape index (κ1) is 20.1. The van der Waals surface area contributed by atoms with E-state index < -0.39 is 0 Å². The highest BCUT2D eigenvalue weighted by Gasteiger charge is 2.33. The smallest absolute Gasteiger partial charge is 0.262 e. The van der Waals surface area contributed by atoms with Gasteiger partial charge in [-0.1, -0.05) is 65.1 Å². The van der Waals surface area contributed by atoms with E-state index in [1.165, 1.54) is 0 Å². The first-order valence-corrected chi connectivity index (χ1v) is 10.9. The second-order valence-corrected chi connectivity index (χ2v) is 8.51. The van der Waals surface area contributed by atoms with Gasteiger partial charge in [-0.05, 0) is 42.5 Å². The normalized spacial score (nSPS) is 13.4. The van der Waals surface area contributed by atoms with Gasteiger partial charge < -0.3 is 4.90 Å². The van der Waals surface area contributed by atoms with E-state index in [9.17, 15) is 4.79 Å². The largest absolute Gasteiger partial charge is 0.308 e. The third kappa shape index (κ3) is 3.61. The molecule has 0 saturated carbocycles. The highest BCUT2D eigenvalue weighted by molar-refractivity contribution is 6.35. The summed E-state index contributed by atoms with van der Waals surface area (Å²) in [4.78, 5) is 15.4. The zero-order chi connectivity index (χ0) is 21.5. The fourth-order valence-corrected chi connectivity index (χ4v) is 4.49. The van der Waals surface area contributed by atoms with Crippen molar-refractivity contribution in [1.82, 2.24) is 9.78 Å². The SMILES string of the molecule is O=C1c2c(nn(-c3ccc(Cl)cc3Cl)c2-c2ccc(Cl)cc2)CCN1c1ccccc1. The van der Waals surface area contributed by atoms with Gasteiger partial charge in [0.05, 0.1) is 27.7 Å². The minimum absolute atomic E-state index is 0.0891. The van der Waals surface area contributed by atoms with Crippen molar-refractivity contribution in [1.29, 1.82) is 0 Å². The Hall–Kier alpha value is -2.79. The Morgan fingerprint density at radius 1 is 0.839 bits per heavy atom. The number of hydrogen-bond acceptors (Lipinski definition) is 2. The number of anilines is 1. The van der Waals surface area contributed by atoms with Crippen LogP contribution >= 0.6 is 34.8 Å². The molecule has 1 aliphatic rings. The van der Waals surface area contributed by atoms with Crippen LogP contribution in [-0.4, -0.2) is 22.2 Å². The van der Waals surface area contributed by atoms with Gasteiger partial charge in [0.15, 0.2) is 0 Å². The van der Waals surface area contributed by atoms with Gasteiger partial charge in [0, 0.05) is 34.3 Å². The molecule has 154 valence electrons. The van der Waals surface area contributed by atoms with Crippen LogP contribution < -0.4 is 4.90 Å². The summed E-state index contributed by atoms with van der Waals surface area (Å²) in [5, 5.41) is 6.40. The number of carbonyl (C=O) groups excluding carboxylic acids is 1. The van der Waals surface area contributed by atoms with Crippen molar-refractivity contribution in [3.05, 3.63) is 99.1 Å². The number of halogens is 3. The van der Waals surface area contributed by atoms with Crippen LogP contribution in [0.25, 0.3) is 16.9 Å². The van der Waals surface area contributed by atoms with Crippen LogP contribution in [0.3, 0.4) is 0 Å². The highest BCUT2D eigenvalue weighted by Crippen LogP contribution is 2.36. The number of carbonyl (C=O) groups is 1. The Morgan fingerprint density at radius 3 is 2.26 bits per heavy atom. The Labute approximate surface area is 194 Å². The molecule has 0 radical (unpaired) electrons. The van der Waals surface area contributed by atoms with Gasteiger partial charge in [-0.25, -0.2) is 4.68 Å². The van der Waals surface area contributed by atoms with Crippen molar-refractivity contribution in [2.75, 3.05) is 11.4 Å². The minimum atomic E-state index is -0.0891. The van der Waals surface area contributed by atoms with E-state index in [1.807, 2.05) is 48.5 Å². The molecule has 3 aromatic carbocycles. The molecule has 4 aromatic rings. The third-order valence-electron chi connectivity index (χ3n) is 5.31. The molecule has 1 aliphatic heterocycles. The van der Waals surface area contributed by atoms with E-state index in [0.29, 0.717) is 45.0 Å². The number of rotatable bonds is 3. The van der Waals surface area contributed by atoms with Crippen LogP contribution in [0.15, 0.2) is 72.8 Å². The van der Waals surface area contributed by atoms with Crippen molar-refractivity contribution >= 4 is 46.4 Å². The van der Waals surface area contributed by atoms with Gasteiger partial charge in [0.2, 0.25) is 0 Å². The Balaban J connectivity index is 1.73. The zero-order valence-electron chi connectivity index (χ0n) is 16.2. The summed E-state index contributed by atoms with van der Waals surface area (Å²) in [6, 6.07) is 22.3. The molecule has 5 rings (SSSR count). The fraction of sp³-hybridized carbons (Fsp3) is 0.0833. The monoisotopic (exact) mass is 467 g/mol. The van der Waals surface area contributed by atoms with Crippen LogP contribution in [0.4, 0.5) is 5.69 Å². The Morgan fingerprint density at radius 2 is 1.55 bits per heavy atom. The predicted octanol–water partition coefficient (Wildman–Crippen LogP) is 6.70. The molecule has 0 aliphatic carbocycles. The Kier molecular flexibility index (Phi) is 5.22. The summed E-state index contributed by atoms with van der Waals surface area (Å²) in [7, 11) is 0. The molecule has 0 fully saturated rings. The number of para-hydroxylation sites is 1. The minimum Gasteiger partial charge on any atom is -0.308 e. The van der Waals surface area contributed by atoms with Gasteiger partial charge in [0.1, 0.15) is 0 Å². The number of aromatic nitrogens is 2. The standard InChI is InChI=1S/C24H16Cl3N3O/c25-16-8-6-15(7-9-16)23-22-20(28-30(23)21-11-10-17(26)14-19(21)27)12-13-29(24(22)31)18-4-2-1-3-5-18/h1-11,14H,12-13H2. The highest BCUT2D eigenvalue weighted by atomic mass is 35.5. The van der Waals surface area contributed by atoms with Gasteiger partial charge in [-0.2, -0.15) is 5.10 Å². The number of benzene rings is 3. The summed E-state index contributed by atoms with van der Waals surface area (Å²) < 4.78 is 1.74. The lowest BCUT2D eigenvalue weighted by atomic mass is 9.99. The molecular formula is C24H16Cl3N3O. The molecule has 4 nitrogen and oxygen atoms in total. The van der Waals surface area contributed by atoms with Gasteiger partial charge in [-0.15, -0.1) is 0 Å². The number of amides is 1. The van der Waals surface area contributed by atoms with E-state index >= 15 is 0 Å². The maximum atomic E-state index is 13.7. The maximum absolute atomic E-state index is 13.7. The molecule has 1 amide bonds. The first-order chi connectivity index (χ1) is 15.0. The molecular weight excluding hydrogens is 453 g/mol. The molecule has 0 N–H and O–H groups in total. The van der Waals surface area contributed by atoms with Crippen molar-refractivity contribution in [3.8, 4) is 16.9 Å². The molecule has 0 unspecified atom stereocenters. The third-order valence-corrected chi connectivity index (χ3v) is 6.10.